The predicted molar refractivity (Wildman–Crippen MR) is 113 cm³/mol. The lowest BCUT2D eigenvalue weighted by Crippen LogP contribution is -2.32. The molecule has 1 atom stereocenters. The van der Waals surface area contributed by atoms with Gasteiger partial charge < -0.3 is 4.90 Å². The maximum atomic E-state index is 13.3. The second-order valence-corrected chi connectivity index (χ2v) is 9.45. The average Bonchev–Trinajstić information content (AvgIpc) is 2.74. The topological polar surface area (TPSA) is 86.9 Å². The number of fused-ring (bicyclic) bond motifs is 1. The third-order valence-electron chi connectivity index (χ3n) is 5.05. The molecule has 3 aromatic rings. The number of sulfone groups is 1. The van der Waals surface area contributed by atoms with Gasteiger partial charge in [0.1, 0.15) is 5.69 Å². The number of para-hydroxylation sites is 2. The Kier molecular flexibility index (Phi) is 5.39. The zero-order valence-corrected chi connectivity index (χ0v) is 17.2. The molecule has 1 aromatic heterocycles. The van der Waals surface area contributed by atoms with Crippen molar-refractivity contribution >= 4 is 38.3 Å². The number of halogens is 1. The fraction of sp³-hybridized carbons (Fsp3) is 0.286. The van der Waals surface area contributed by atoms with E-state index in [-0.39, 0.29) is 10.6 Å². The number of benzene rings is 2. The monoisotopic (exact) mass is 426 g/mol. The van der Waals surface area contributed by atoms with E-state index in [1.54, 1.807) is 6.07 Å². The van der Waals surface area contributed by atoms with Gasteiger partial charge in [-0.2, -0.15) is 5.26 Å². The molecule has 0 saturated carbocycles. The number of piperidine rings is 1. The third kappa shape index (κ3) is 3.78. The van der Waals surface area contributed by atoms with E-state index in [1.807, 2.05) is 29.2 Å². The van der Waals surface area contributed by atoms with Crippen LogP contribution < -0.4 is 4.90 Å². The molecule has 2 aromatic carbocycles. The van der Waals surface area contributed by atoms with Gasteiger partial charge in [-0.3, -0.25) is 0 Å². The molecule has 29 heavy (non-hydrogen) atoms. The molecule has 0 aliphatic carbocycles. The van der Waals surface area contributed by atoms with Crippen LogP contribution >= 0.6 is 11.6 Å². The Morgan fingerprint density at radius 1 is 0.966 bits per heavy atom. The second-order valence-electron chi connectivity index (χ2n) is 6.98. The number of aromatic nitrogens is 2. The molecule has 0 spiro atoms. The summed E-state index contributed by atoms with van der Waals surface area (Å²) in [6.45, 7) is 1.53. The standard InChI is InChI=1S/C21H19ClN4O2S/c22-15-8-10-16(11-9-15)29(27,28)19(14-23)20-21(26-12-4-1-5-13-26)25-18-7-3-2-6-17(18)24-20/h2-3,6-11,19H,1,4-5,12-13H2/t19-/m0/s1. The Balaban J connectivity index is 1.89. The molecule has 8 heteroatoms. The molecule has 6 nitrogen and oxygen atoms in total. The Bertz CT molecular complexity index is 1180. The Morgan fingerprint density at radius 3 is 2.21 bits per heavy atom. The number of hydrogen-bond acceptors (Lipinski definition) is 6. The zero-order valence-electron chi connectivity index (χ0n) is 15.6. The first-order valence-electron chi connectivity index (χ1n) is 9.41. The molecule has 0 bridgehead atoms. The van der Waals surface area contributed by atoms with Crippen molar-refractivity contribution < 1.29 is 8.42 Å². The van der Waals surface area contributed by atoms with Crippen LogP contribution in [-0.4, -0.2) is 31.5 Å². The fourth-order valence-electron chi connectivity index (χ4n) is 3.56. The number of nitrogens with zero attached hydrogens (tertiary/aromatic N) is 4. The average molecular weight is 427 g/mol. The largest absolute Gasteiger partial charge is 0.355 e. The van der Waals surface area contributed by atoms with E-state index in [0.29, 0.717) is 21.9 Å². The van der Waals surface area contributed by atoms with E-state index in [9.17, 15) is 13.7 Å². The number of nitriles is 1. The van der Waals surface area contributed by atoms with Crippen molar-refractivity contribution in [1.29, 1.82) is 5.26 Å². The van der Waals surface area contributed by atoms with Crippen LogP contribution in [0.4, 0.5) is 5.82 Å². The summed E-state index contributed by atoms with van der Waals surface area (Å²) >= 11 is 5.90. The normalized spacial score (nSPS) is 15.8. The first kappa shape index (κ1) is 19.6. The molecule has 1 aliphatic heterocycles. The van der Waals surface area contributed by atoms with E-state index >= 15 is 0 Å². The van der Waals surface area contributed by atoms with Crippen molar-refractivity contribution in [3.8, 4) is 6.07 Å². The molecule has 148 valence electrons. The van der Waals surface area contributed by atoms with Gasteiger partial charge in [-0.1, -0.05) is 23.7 Å². The van der Waals surface area contributed by atoms with Crippen LogP contribution in [0, 0.1) is 11.3 Å². The Hall–Kier alpha value is -2.69. The fourth-order valence-corrected chi connectivity index (χ4v) is 5.06. The molecule has 2 heterocycles. The molecule has 0 amide bonds. The summed E-state index contributed by atoms with van der Waals surface area (Å²) in [6.07, 6.45) is 3.11. The van der Waals surface area contributed by atoms with Gasteiger partial charge in [-0.25, -0.2) is 18.4 Å². The molecule has 1 saturated heterocycles. The van der Waals surface area contributed by atoms with Gasteiger partial charge in [0, 0.05) is 18.1 Å². The van der Waals surface area contributed by atoms with Gasteiger partial charge in [0.05, 0.1) is 22.0 Å². The van der Waals surface area contributed by atoms with Gasteiger partial charge in [0.25, 0.3) is 0 Å². The van der Waals surface area contributed by atoms with Crippen molar-refractivity contribution in [1.82, 2.24) is 9.97 Å². The van der Waals surface area contributed by atoms with Gasteiger partial charge in [-0.15, -0.1) is 0 Å². The highest BCUT2D eigenvalue weighted by Gasteiger charge is 2.35. The van der Waals surface area contributed by atoms with Crippen molar-refractivity contribution in [2.45, 2.75) is 29.4 Å². The van der Waals surface area contributed by atoms with Crippen molar-refractivity contribution in [2.75, 3.05) is 18.0 Å². The van der Waals surface area contributed by atoms with E-state index in [1.165, 1.54) is 24.3 Å². The van der Waals surface area contributed by atoms with E-state index in [0.717, 1.165) is 32.4 Å². The molecule has 1 aliphatic rings. The summed E-state index contributed by atoms with van der Waals surface area (Å²) < 4.78 is 26.6. The van der Waals surface area contributed by atoms with E-state index in [4.69, 9.17) is 16.6 Å². The molecule has 0 radical (unpaired) electrons. The quantitative estimate of drug-likeness (QED) is 0.617. The van der Waals surface area contributed by atoms with Crippen molar-refractivity contribution in [3.05, 3.63) is 59.2 Å². The smallest absolute Gasteiger partial charge is 0.200 e. The highest BCUT2D eigenvalue weighted by Crippen LogP contribution is 2.35. The summed E-state index contributed by atoms with van der Waals surface area (Å²) in [6, 6.07) is 15.1. The number of hydrogen-bond donors (Lipinski definition) is 0. The van der Waals surface area contributed by atoms with Crippen molar-refractivity contribution in [3.63, 3.8) is 0 Å². The maximum Gasteiger partial charge on any atom is 0.200 e. The van der Waals surface area contributed by atoms with Crippen LogP contribution in [0.5, 0.6) is 0 Å². The summed E-state index contributed by atoms with van der Waals surface area (Å²) in [7, 11) is -4.00. The molecule has 4 rings (SSSR count). The Morgan fingerprint density at radius 2 is 1.59 bits per heavy atom. The van der Waals surface area contributed by atoms with Crippen LogP contribution in [0.1, 0.15) is 30.2 Å². The van der Waals surface area contributed by atoms with Crippen LogP contribution in [0.2, 0.25) is 5.02 Å². The Labute approximate surface area is 174 Å². The lowest BCUT2D eigenvalue weighted by atomic mass is 10.1. The molecular weight excluding hydrogens is 408 g/mol. The van der Waals surface area contributed by atoms with Gasteiger partial charge in [-0.05, 0) is 55.7 Å². The summed E-state index contributed by atoms with van der Waals surface area (Å²) in [5.41, 5.74) is 1.43. The lowest BCUT2D eigenvalue weighted by molar-refractivity contribution is 0.569. The predicted octanol–water partition coefficient (Wildman–Crippen LogP) is 4.31. The second kappa shape index (κ2) is 7.97. The minimum absolute atomic E-state index is 0.0352. The van der Waals surface area contributed by atoms with Crippen LogP contribution in [0.15, 0.2) is 53.4 Å². The molecule has 0 unspecified atom stereocenters. The van der Waals surface area contributed by atoms with Gasteiger partial charge in [0.2, 0.25) is 9.84 Å². The third-order valence-corrected chi connectivity index (χ3v) is 7.18. The summed E-state index contributed by atoms with van der Waals surface area (Å²) in [5, 5.41) is 8.85. The number of rotatable bonds is 4. The SMILES string of the molecule is N#C[C@@H](c1nc2ccccc2nc1N1CCCCC1)S(=O)(=O)c1ccc(Cl)cc1. The van der Waals surface area contributed by atoms with Crippen LogP contribution in [-0.2, 0) is 9.84 Å². The minimum Gasteiger partial charge on any atom is -0.355 e. The summed E-state index contributed by atoms with van der Waals surface area (Å²) in [5.74, 6) is 0.479. The van der Waals surface area contributed by atoms with Gasteiger partial charge in [0.15, 0.2) is 11.1 Å². The lowest BCUT2D eigenvalue weighted by Gasteiger charge is -2.30. The zero-order chi connectivity index (χ0) is 20.4. The van der Waals surface area contributed by atoms with E-state index in [2.05, 4.69) is 4.98 Å². The highest BCUT2D eigenvalue weighted by atomic mass is 35.5. The minimum atomic E-state index is -4.00. The molecule has 0 N–H and O–H groups in total. The van der Waals surface area contributed by atoms with E-state index < -0.39 is 15.1 Å². The molecule has 1 fully saturated rings. The number of anilines is 1. The van der Waals surface area contributed by atoms with Gasteiger partial charge >= 0.3 is 0 Å². The maximum absolute atomic E-state index is 13.3. The highest BCUT2D eigenvalue weighted by molar-refractivity contribution is 7.92. The van der Waals surface area contributed by atoms with Crippen LogP contribution in [0.25, 0.3) is 11.0 Å². The first-order chi connectivity index (χ1) is 14.0. The summed E-state index contributed by atoms with van der Waals surface area (Å²) in [4.78, 5) is 11.4. The van der Waals surface area contributed by atoms with Crippen molar-refractivity contribution in [2.24, 2.45) is 0 Å². The van der Waals surface area contributed by atoms with Crippen LogP contribution in [0.3, 0.4) is 0 Å². The first-order valence-corrected chi connectivity index (χ1v) is 11.3. The molecular formula is C21H19ClN4O2S.